The number of likely N-dealkylation sites (tertiary alicyclic amines) is 1. The van der Waals surface area contributed by atoms with Gasteiger partial charge in [0.1, 0.15) is 5.82 Å². The molecule has 5 heteroatoms. The van der Waals surface area contributed by atoms with Crippen molar-refractivity contribution in [1.82, 2.24) is 10.2 Å². The summed E-state index contributed by atoms with van der Waals surface area (Å²) in [5.41, 5.74) is 1.65. The van der Waals surface area contributed by atoms with Gasteiger partial charge >= 0.3 is 0 Å². The Bertz CT molecular complexity index is 534. The molecule has 1 saturated heterocycles. The molecule has 0 atom stereocenters. The van der Waals surface area contributed by atoms with E-state index in [2.05, 4.69) is 10.2 Å². The molecule has 1 heterocycles. The SMILES string of the molecule is CC(=CC(=O)NCCCN1CCC(O)CC1)c1ccc(F)cc1. The molecular weight excluding hydrogens is 295 g/mol. The van der Waals surface area contributed by atoms with Crippen molar-refractivity contribution in [3.8, 4) is 0 Å². The highest BCUT2D eigenvalue weighted by Crippen LogP contribution is 2.13. The minimum absolute atomic E-state index is 0.124. The van der Waals surface area contributed by atoms with Crippen molar-refractivity contribution >= 4 is 11.5 Å². The average Bonchev–Trinajstić information content (AvgIpc) is 2.54. The van der Waals surface area contributed by atoms with E-state index < -0.39 is 0 Å². The number of hydrogen-bond donors (Lipinski definition) is 2. The summed E-state index contributed by atoms with van der Waals surface area (Å²) in [6, 6.07) is 6.11. The van der Waals surface area contributed by atoms with Gasteiger partial charge in [-0.2, -0.15) is 0 Å². The van der Waals surface area contributed by atoms with E-state index in [4.69, 9.17) is 0 Å². The van der Waals surface area contributed by atoms with Crippen LogP contribution in [0.25, 0.3) is 5.57 Å². The molecule has 23 heavy (non-hydrogen) atoms. The Balaban J connectivity index is 1.68. The Hall–Kier alpha value is -1.72. The van der Waals surface area contributed by atoms with E-state index in [1.54, 1.807) is 18.2 Å². The van der Waals surface area contributed by atoms with Gasteiger partial charge in [-0.05, 0) is 56.0 Å². The maximum absolute atomic E-state index is 12.9. The maximum Gasteiger partial charge on any atom is 0.244 e. The second kappa shape index (κ2) is 8.79. The van der Waals surface area contributed by atoms with Gasteiger partial charge in [0.2, 0.25) is 5.91 Å². The molecule has 1 amide bonds. The third-order valence-electron chi connectivity index (χ3n) is 4.15. The first-order valence-electron chi connectivity index (χ1n) is 8.17. The van der Waals surface area contributed by atoms with Crippen LogP contribution in [0.5, 0.6) is 0 Å². The lowest BCUT2D eigenvalue weighted by atomic mass is 10.1. The van der Waals surface area contributed by atoms with Crippen LogP contribution in [-0.4, -0.2) is 48.2 Å². The van der Waals surface area contributed by atoms with Gasteiger partial charge in [-0.25, -0.2) is 4.39 Å². The highest BCUT2D eigenvalue weighted by Gasteiger charge is 2.15. The van der Waals surface area contributed by atoms with E-state index in [-0.39, 0.29) is 17.8 Å². The van der Waals surface area contributed by atoms with Crippen LogP contribution < -0.4 is 5.32 Å². The number of aliphatic hydroxyl groups excluding tert-OH is 1. The zero-order valence-electron chi connectivity index (χ0n) is 13.6. The van der Waals surface area contributed by atoms with Gasteiger partial charge in [0.25, 0.3) is 0 Å². The molecular formula is C18H25FN2O2. The van der Waals surface area contributed by atoms with Crippen molar-refractivity contribution in [2.45, 2.75) is 32.3 Å². The quantitative estimate of drug-likeness (QED) is 0.624. The lowest BCUT2D eigenvalue weighted by Crippen LogP contribution is -2.37. The van der Waals surface area contributed by atoms with E-state index in [1.807, 2.05) is 6.92 Å². The molecule has 1 aromatic rings. The van der Waals surface area contributed by atoms with Crippen LogP contribution in [0, 0.1) is 5.82 Å². The summed E-state index contributed by atoms with van der Waals surface area (Å²) < 4.78 is 12.9. The zero-order chi connectivity index (χ0) is 16.7. The van der Waals surface area contributed by atoms with Crippen molar-refractivity contribution in [2.75, 3.05) is 26.2 Å². The normalized spacial score (nSPS) is 17.3. The second-order valence-electron chi connectivity index (χ2n) is 6.05. The number of rotatable bonds is 6. The van der Waals surface area contributed by atoms with Gasteiger partial charge in [0.05, 0.1) is 6.10 Å². The summed E-state index contributed by atoms with van der Waals surface area (Å²) in [6.45, 7) is 5.27. The lowest BCUT2D eigenvalue weighted by molar-refractivity contribution is -0.116. The summed E-state index contributed by atoms with van der Waals surface area (Å²) >= 11 is 0. The maximum atomic E-state index is 12.9. The average molecular weight is 320 g/mol. The largest absolute Gasteiger partial charge is 0.393 e. The molecule has 0 aromatic heterocycles. The van der Waals surface area contributed by atoms with Crippen molar-refractivity contribution < 1.29 is 14.3 Å². The standard InChI is InChI=1S/C18H25FN2O2/c1-14(15-3-5-16(19)6-4-15)13-18(23)20-9-2-10-21-11-7-17(22)8-12-21/h3-6,13,17,22H,2,7-12H2,1H3,(H,20,23). The molecule has 0 saturated carbocycles. The first-order chi connectivity index (χ1) is 11.0. The molecule has 0 spiro atoms. The fourth-order valence-electron chi connectivity index (χ4n) is 2.70. The Morgan fingerprint density at radius 2 is 2.00 bits per heavy atom. The van der Waals surface area contributed by atoms with E-state index >= 15 is 0 Å². The van der Waals surface area contributed by atoms with E-state index in [9.17, 15) is 14.3 Å². The van der Waals surface area contributed by atoms with Crippen LogP contribution in [0.3, 0.4) is 0 Å². The molecule has 2 rings (SSSR count). The minimum Gasteiger partial charge on any atom is -0.393 e. The summed E-state index contributed by atoms with van der Waals surface area (Å²) in [7, 11) is 0. The number of nitrogens with one attached hydrogen (secondary N) is 1. The molecule has 1 aromatic carbocycles. The van der Waals surface area contributed by atoms with Crippen molar-refractivity contribution in [1.29, 1.82) is 0 Å². The van der Waals surface area contributed by atoms with Gasteiger partial charge in [-0.15, -0.1) is 0 Å². The molecule has 0 radical (unpaired) electrons. The highest BCUT2D eigenvalue weighted by molar-refractivity contribution is 5.94. The van der Waals surface area contributed by atoms with Crippen molar-refractivity contribution in [3.63, 3.8) is 0 Å². The zero-order valence-corrected chi connectivity index (χ0v) is 13.6. The van der Waals surface area contributed by atoms with Gasteiger partial charge in [0.15, 0.2) is 0 Å². The van der Waals surface area contributed by atoms with Gasteiger partial charge < -0.3 is 15.3 Å². The number of aliphatic hydroxyl groups is 1. The van der Waals surface area contributed by atoms with Crippen molar-refractivity contribution in [3.05, 3.63) is 41.7 Å². The molecule has 1 fully saturated rings. The number of hydrogen-bond acceptors (Lipinski definition) is 3. The van der Waals surface area contributed by atoms with Gasteiger partial charge in [0, 0.05) is 25.7 Å². The smallest absolute Gasteiger partial charge is 0.244 e. The topological polar surface area (TPSA) is 52.6 Å². The Kier molecular flexibility index (Phi) is 6.74. The van der Waals surface area contributed by atoms with Crippen LogP contribution >= 0.6 is 0 Å². The highest BCUT2D eigenvalue weighted by atomic mass is 19.1. The summed E-state index contributed by atoms with van der Waals surface area (Å²) in [4.78, 5) is 14.2. The van der Waals surface area contributed by atoms with Crippen LogP contribution in [-0.2, 0) is 4.79 Å². The molecule has 4 nitrogen and oxygen atoms in total. The first kappa shape index (κ1) is 17.6. The molecule has 0 unspecified atom stereocenters. The first-order valence-corrected chi connectivity index (χ1v) is 8.17. The molecule has 0 aliphatic carbocycles. The Labute approximate surface area is 137 Å². The fourth-order valence-corrected chi connectivity index (χ4v) is 2.70. The number of carbonyl (C=O) groups excluding carboxylic acids is 1. The minimum atomic E-state index is -0.281. The number of piperidine rings is 1. The summed E-state index contributed by atoms with van der Waals surface area (Å²) in [6.07, 6.45) is 3.97. The molecule has 126 valence electrons. The van der Waals surface area contributed by atoms with Gasteiger partial charge in [-0.3, -0.25) is 4.79 Å². The second-order valence-corrected chi connectivity index (χ2v) is 6.05. The summed E-state index contributed by atoms with van der Waals surface area (Å²) in [5.74, 6) is -0.405. The molecule has 2 N–H and O–H groups in total. The number of carbonyl (C=O) groups is 1. The Morgan fingerprint density at radius 1 is 1.35 bits per heavy atom. The van der Waals surface area contributed by atoms with E-state index in [1.165, 1.54) is 12.1 Å². The predicted octanol–water partition coefficient (Wildman–Crippen LogP) is 2.19. The number of allylic oxidation sites excluding steroid dienone is 1. The third-order valence-corrected chi connectivity index (χ3v) is 4.15. The summed E-state index contributed by atoms with van der Waals surface area (Å²) in [5, 5.41) is 12.3. The van der Waals surface area contributed by atoms with Crippen LogP contribution in [0.15, 0.2) is 30.3 Å². The predicted molar refractivity (Wildman–Crippen MR) is 89.4 cm³/mol. The van der Waals surface area contributed by atoms with Crippen LogP contribution in [0.2, 0.25) is 0 Å². The van der Waals surface area contributed by atoms with Gasteiger partial charge in [-0.1, -0.05) is 12.1 Å². The van der Waals surface area contributed by atoms with Crippen LogP contribution in [0.1, 0.15) is 31.7 Å². The Morgan fingerprint density at radius 3 is 2.65 bits per heavy atom. The van der Waals surface area contributed by atoms with E-state index in [0.717, 1.165) is 50.0 Å². The fraction of sp³-hybridized carbons (Fsp3) is 0.500. The lowest BCUT2D eigenvalue weighted by Gasteiger charge is -2.29. The third kappa shape index (κ3) is 6.12. The monoisotopic (exact) mass is 320 g/mol. The molecule has 0 bridgehead atoms. The number of nitrogens with zero attached hydrogens (tertiary/aromatic N) is 1. The molecule has 1 aliphatic heterocycles. The van der Waals surface area contributed by atoms with Crippen LogP contribution in [0.4, 0.5) is 4.39 Å². The van der Waals surface area contributed by atoms with E-state index in [0.29, 0.717) is 6.54 Å². The number of amides is 1. The number of benzene rings is 1. The molecule has 1 aliphatic rings. The van der Waals surface area contributed by atoms with Crippen molar-refractivity contribution in [2.24, 2.45) is 0 Å². The number of halogens is 1.